The molecule has 1 amide bonds. The maximum absolute atomic E-state index is 11.6. The van der Waals surface area contributed by atoms with Crippen LogP contribution >= 0.6 is 23.2 Å². The summed E-state index contributed by atoms with van der Waals surface area (Å²) in [6.07, 6.45) is 1.94. The molecule has 0 N–H and O–H groups in total. The summed E-state index contributed by atoms with van der Waals surface area (Å²) in [5.41, 5.74) is 1.98. The molecule has 1 aromatic rings. The highest BCUT2D eigenvalue weighted by Gasteiger charge is 2.23. The van der Waals surface area contributed by atoms with Gasteiger partial charge < -0.3 is 4.90 Å². The van der Waals surface area contributed by atoms with Crippen LogP contribution in [0.2, 0.25) is 5.02 Å². The lowest BCUT2D eigenvalue weighted by molar-refractivity contribution is -0.116. The van der Waals surface area contributed by atoms with E-state index in [1.807, 2.05) is 12.1 Å². The van der Waals surface area contributed by atoms with Crippen molar-refractivity contribution in [1.82, 2.24) is 0 Å². The van der Waals surface area contributed by atoms with Gasteiger partial charge in [-0.2, -0.15) is 0 Å². The predicted octanol–water partition coefficient (Wildman–Crippen LogP) is 2.86. The smallest absolute Gasteiger partial charge is 0.241 e. The number of hydrogen-bond donors (Lipinski definition) is 0. The van der Waals surface area contributed by atoms with Crippen LogP contribution in [0.1, 0.15) is 12.0 Å². The average molecular weight is 244 g/mol. The van der Waals surface area contributed by atoms with Crippen molar-refractivity contribution in [3.05, 3.63) is 28.8 Å². The van der Waals surface area contributed by atoms with E-state index in [0.717, 1.165) is 24.1 Å². The first-order chi connectivity index (χ1) is 7.24. The number of benzene rings is 1. The summed E-state index contributed by atoms with van der Waals surface area (Å²) >= 11 is 11.7. The van der Waals surface area contributed by atoms with E-state index < -0.39 is 0 Å². The zero-order chi connectivity index (χ0) is 10.8. The van der Waals surface area contributed by atoms with Gasteiger partial charge in [-0.05, 0) is 24.5 Å². The number of carbonyl (C=O) groups excluding carboxylic acids is 1. The minimum Gasteiger partial charge on any atom is -0.310 e. The molecule has 0 radical (unpaired) electrons. The molecule has 0 atom stereocenters. The molecule has 0 saturated heterocycles. The fourth-order valence-electron chi connectivity index (χ4n) is 1.92. The van der Waals surface area contributed by atoms with Crippen LogP contribution in [0.4, 0.5) is 5.69 Å². The number of aryl methyl sites for hydroxylation is 1. The average Bonchev–Trinajstić information content (AvgIpc) is 2.28. The Morgan fingerprint density at radius 2 is 2.27 bits per heavy atom. The van der Waals surface area contributed by atoms with Crippen LogP contribution in [-0.4, -0.2) is 18.3 Å². The lowest BCUT2D eigenvalue weighted by Crippen LogP contribution is -2.36. The number of alkyl halides is 1. The third kappa shape index (κ3) is 1.97. The molecule has 4 heteroatoms. The predicted molar refractivity (Wildman–Crippen MR) is 62.8 cm³/mol. The third-order valence-corrected chi connectivity index (χ3v) is 3.12. The number of para-hydroxylation sites is 1. The van der Waals surface area contributed by atoms with Gasteiger partial charge in [0, 0.05) is 6.54 Å². The second-order valence-corrected chi connectivity index (χ2v) is 4.20. The topological polar surface area (TPSA) is 20.3 Å². The number of amides is 1. The summed E-state index contributed by atoms with van der Waals surface area (Å²) in [5, 5.41) is 0.630. The zero-order valence-corrected chi connectivity index (χ0v) is 9.68. The maximum atomic E-state index is 11.6. The van der Waals surface area contributed by atoms with Crippen molar-refractivity contribution in [2.45, 2.75) is 12.8 Å². The first kappa shape index (κ1) is 10.8. The molecule has 1 heterocycles. The van der Waals surface area contributed by atoms with E-state index in [1.54, 1.807) is 11.0 Å². The van der Waals surface area contributed by atoms with E-state index in [-0.39, 0.29) is 11.8 Å². The van der Waals surface area contributed by atoms with E-state index in [2.05, 4.69) is 0 Å². The van der Waals surface area contributed by atoms with Crippen LogP contribution in [-0.2, 0) is 11.2 Å². The van der Waals surface area contributed by atoms with E-state index in [4.69, 9.17) is 23.2 Å². The Morgan fingerprint density at radius 3 is 3.00 bits per heavy atom. The summed E-state index contributed by atoms with van der Waals surface area (Å²) in [7, 11) is 0. The Balaban J connectivity index is 2.45. The van der Waals surface area contributed by atoms with Gasteiger partial charge in [-0.3, -0.25) is 4.79 Å². The van der Waals surface area contributed by atoms with Crippen LogP contribution in [0.3, 0.4) is 0 Å². The number of halogens is 2. The van der Waals surface area contributed by atoms with Crippen LogP contribution in [0.25, 0.3) is 0 Å². The molecule has 2 nitrogen and oxygen atoms in total. The van der Waals surface area contributed by atoms with Crippen LogP contribution in [0.5, 0.6) is 0 Å². The number of rotatable bonds is 1. The molecule has 0 saturated carbocycles. The Hall–Kier alpha value is -0.730. The molecular weight excluding hydrogens is 233 g/mol. The fourth-order valence-corrected chi connectivity index (χ4v) is 2.37. The largest absolute Gasteiger partial charge is 0.310 e. The number of carbonyl (C=O) groups is 1. The van der Waals surface area contributed by atoms with Gasteiger partial charge in [0.15, 0.2) is 0 Å². The second kappa shape index (κ2) is 4.42. The Labute approximate surface area is 98.8 Å². The van der Waals surface area contributed by atoms with Gasteiger partial charge in [-0.25, -0.2) is 0 Å². The standard InChI is InChI=1S/C11H11Cl2NO/c12-7-10(15)14-6-2-4-8-3-1-5-9(13)11(8)14/h1,3,5H,2,4,6-7H2. The molecule has 80 valence electrons. The molecule has 0 unspecified atom stereocenters. The van der Waals surface area contributed by atoms with Crippen molar-refractivity contribution >= 4 is 34.8 Å². The summed E-state index contributed by atoms with van der Waals surface area (Å²) in [5.74, 6) is -0.0734. The van der Waals surface area contributed by atoms with Crippen molar-refractivity contribution in [1.29, 1.82) is 0 Å². The highest BCUT2D eigenvalue weighted by molar-refractivity contribution is 6.35. The van der Waals surface area contributed by atoms with Gasteiger partial charge in [0.05, 0.1) is 10.7 Å². The summed E-state index contributed by atoms with van der Waals surface area (Å²) in [6.45, 7) is 0.711. The molecule has 0 aromatic heterocycles. The zero-order valence-electron chi connectivity index (χ0n) is 8.17. The van der Waals surface area contributed by atoms with Gasteiger partial charge in [0.25, 0.3) is 0 Å². The first-order valence-electron chi connectivity index (χ1n) is 4.87. The molecule has 1 aromatic carbocycles. The van der Waals surface area contributed by atoms with E-state index in [0.29, 0.717) is 11.6 Å². The van der Waals surface area contributed by atoms with E-state index in [1.165, 1.54) is 0 Å². The van der Waals surface area contributed by atoms with Crippen LogP contribution in [0.15, 0.2) is 18.2 Å². The van der Waals surface area contributed by atoms with Gasteiger partial charge in [-0.1, -0.05) is 23.7 Å². The van der Waals surface area contributed by atoms with Crippen LogP contribution in [0, 0.1) is 0 Å². The molecule has 0 bridgehead atoms. The van der Waals surface area contributed by atoms with Crippen molar-refractivity contribution in [3.63, 3.8) is 0 Å². The number of hydrogen-bond acceptors (Lipinski definition) is 1. The normalized spacial score (nSPS) is 14.9. The quantitative estimate of drug-likeness (QED) is 0.695. The molecule has 0 spiro atoms. The third-order valence-electron chi connectivity index (χ3n) is 2.58. The minimum atomic E-state index is -0.0780. The summed E-state index contributed by atoms with van der Waals surface area (Å²) in [4.78, 5) is 13.3. The fraction of sp³-hybridized carbons (Fsp3) is 0.364. The molecular formula is C11H11Cl2NO. The molecule has 0 aliphatic carbocycles. The van der Waals surface area contributed by atoms with Crippen LogP contribution < -0.4 is 4.90 Å². The minimum absolute atomic E-state index is 0.00463. The van der Waals surface area contributed by atoms with Gasteiger partial charge in [0.2, 0.25) is 5.91 Å². The Kier molecular flexibility index (Phi) is 3.17. The lowest BCUT2D eigenvalue weighted by atomic mass is 10.0. The first-order valence-corrected chi connectivity index (χ1v) is 5.79. The number of fused-ring (bicyclic) bond motifs is 1. The Bertz CT molecular complexity index is 392. The maximum Gasteiger partial charge on any atom is 0.241 e. The Morgan fingerprint density at radius 1 is 1.47 bits per heavy atom. The summed E-state index contributed by atoms with van der Waals surface area (Å²) < 4.78 is 0. The number of nitrogens with zero attached hydrogens (tertiary/aromatic N) is 1. The second-order valence-electron chi connectivity index (χ2n) is 3.53. The molecule has 1 aliphatic heterocycles. The molecule has 2 rings (SSSR count). The molecule has 0 fully saturated rings. The van der Waals surface area contributed by atoms with Crippen molar-refractivity contribution < 1.29 is 4.79 Å². The van der Waals surface area contributed by atoms with E-state index >= 15 is 0 Å². The highest BCUT2D eigenvalue weighted by atomic mass is 35.5. The summed E-state index contributed by atoms with van der Waals surface area (Å²) in [6, 6.07) is 5.73. The number of anilines is 1. The molecule has 1 aliphatic rings. The van der Waals surface area contributed by atoms with E-state index in [9.17, 15) is 4.79 Å². The van der Waals surface area contributed by atoms with Crippen molar-refractivity contribution in [3.8, 4) is 0 Å². The van der Waals surface area contributed by atoms with Crippen molar-refractivity contribution in [2.24, 2.45) is 0 Å². The lowest BCUT2D eigenvalue weighted by Gasteiger charge is -2.29. The van der Waals surface area contributed by atoms with Gasteiger partial charge in [-0.15, -0.1) is 11.6 Å². The van der Waals surface area contributed by atoms with Gasteiger partial charge >= 0.3 is 0 Å². The monoisotopic (exact) mass is 243 g/mol. The van der Waals surface area contributed by atoms with Crippen molar-refractivity contribution in [2.75, 3.05) is 17.3 Å². The SMILES string of the molecule is O=C(CCl)N1CCCc2cccc(Cl)c21. The van der Waals surface area contributed by atoms with Gasteiger partial charge in [0.1, 0.15) is 5.88 Å². The highest BCUT2D eigenvalue weighted by Crippen LogP contribution is 2.34. The molecule has 15 heavy (non-hydrogen) atoms.